The molecular formula is C18H20N4O2. The van der Waals surface area contributed by atoms with E-state index < -0.39 is 0 Å². The number of anilines is 1. The molecule has 3 rings (SSSR count). The summed E-state index contributed by atoms with van der Waals surface area (Å²) in [6.07, 6.45) is 7.25. The minimum absolute atomic E-state index is 0.0858. The predicted octanol–water partition coefficient (Wildman–Crippen LogP) is 2.81. The number of hydrogen-bond donors (Lipinski definition) is 1. The third kappa shape index (κ3) is 3.22. The van der Waals surface area contributed by atoms with Gasteiger partial charge in [0.1, 0.15) is 0 Å². The molecule has 2 aromatic rings. The molecule has 0 fully saturated rings. The predicted molar refractivity (Wildman–Crippen MR) is 91.9 cm³/mol. The van der Waals surface area contributed by atoms with E-state index in [1.807, 2.05) is 37.3 Å². The van der Waals surface area contributed by atoms with Crippen LogP contribution in [0.25, 0.3) is 6.08 Å². The van der Waals surface area contributed by atoms with E-state index in [2.05, 4.69) is 10.4 Å². The second kappa shape index (κ2) is 6.70. The quantitative estimate of drug-likeness (QED) is 0.940. The van der Waals surface area contributed by atoms with Gasteiger partial charge in [0.05, 0.1) is 24.3 Å². The first-order valence-corrected chi connectivity index (χ1v) is 7.97. The van der Waals surface area contributed by atoms with Crippen LogP contribution in [0.2, 0.25) is 0 Å². The Labute approximate surface area is 140 Å². The highest BCUT2D eigenvalue weighted by Gasteiger charge is 2.28. The van der Waals surface area contributed by atoms with Crippen LogP contribution in [0.5, 0.6) is 0 Å². The van der Waals surface area contributed by atoms with Crippen LogP contribution in [0, 0.1) is 0 Å². The third-order valence-electron chi connectivity index (χ3n) is 4.09. The molecule has 0 bridgehead atoms. The van der Waals surface area contributed by atoms with Crippen molar-refractivity contribution in [2.45, 2.75) is 32.9 Å². The SMILES string of the molecule is CCn1cc(NC(=O)C[C@H]2c3ccccc3C=CN2C(C)=O)cn1. The molecule has 0 saturated heterocycles. The zero-order valence-electron chi connectivity index (χ0n) is 13.8. The summed E-state index contributed by atoms with van der Waals surface area (Å²) in [4.78, 5) is 26.0. The van der Waals surface area contributed by atoms with Crippen molar-refractivity contribution in [3.63, 3.8) is 0 Å². The minimum atomic E-state index is -0.301. The van der Waals surface area contributed by atoms with Gasteiger partial charge in [-0.15, -0.1) is 0 Å². The first-order valence-electron chi connectivity index (χ1n) is 7.97. The molecule has 0 spiro atoms. The van der Waals surface area contributed by atoms with E-state index >= 15 is 0 Å². The number of amides is 2. The summed E-state index contributed by atoms with van der Waals surface area (Å²) in [6, 6.07) is 7.52. The van der Waals surface area contributed by atoms with E-state index in [-0.39, 0.29) is 24.3 Å². The number of nitrogens with one attached hydrogen (secondary N) is 1. The van der Waals surface area contributed by atoms with Gasteiger partial charge in [0.25, 0.3) is 0 Å². The van der Waals surface area contributed by atoms with Crippen LogP contribution in [-0.4, -0.2) is 26.5 Å². The number of carbonyl (C=O) groups is 2. The Kier molecular flexibility index (Phi) is 4.46. The van der Waals surface area contributed by atoms with Gasteiger partial charge in [-0.2, -0.15) is 5.10 Å². The summed E-state index contributed by atoms with van der Waals surface area (Å²) in [5, 5.41) is 6.99. The van der Waals surface area contributed by atoms with Crippen molar-refractivity contribution in [3.8, 4) is 0 Å². The number of hydrogen-bond acceptors (Lipinski definition) is 3. The van der Waals surface area contributed by atoms with Gasteiger partial charge in [0.2, 0.25) is 11.8 Å². The maximum absolute atomic E-state index is 12.4. The lowest BCUT2D eigenvalue weighted by molar-refractivity contribution is -0.129. The van der Waals surface area contributed by atoms with Crippen molar-refractivity contribution in [2.75, 3.05) is 5.32 Å². The van der Waals surface area contributed by atoms with E-state index in [4.69, 9.17) is 0 Å². The van der Waals surface area contributed by atoms with Gasteiger partial charge in [-0.05, 0) is 24.1 Å². The number of aromatic nitrogens is 2. The van der Waals surface area contributed by atoms with Crippen LogP contribution in [-0.2, 0) is 16.1 Å². The van der Waals surface area contributed by atoms with E-state index in [1.54, 1.807) is 28.2 Å². The summed E-state index contributed by atoms with van der Waals surface area (Å²) in [5.41, 5.74) is 2.68. The summed E-state index contributed by atoms with van der Waals surface area (Å²) < 4.78 is 1.75. The molecule has 24 heavy (non-hydrogen) atoms. The molecule has 1 aliphatic rings. The van der Waals surface area contributed by atoms with Gasteiger partial charge >= 0.3 is 0 Å². The Morgan fingerprint density at radius 2 is 2.08 bits per heavy atom. The molecule has 0 saturated carbocycles. The Morgan fingerprint density at radius 3 is 2.79 bits per heavy atom. The van der Waals surface area contributed by atoms with Crippen molar-refractivity contribution < 1.29 is 9.59 Å². The molecule has 1 aliphatic heterocycles. The molecule has 0 radical (unpaired) electrons. The Morgan fingerprint density at radius 1 is 1.29 bits per heavy atom. The number of fused-ring (bicyclic) bond motifs is 1. The molecule has 2 amide bonds. The van der Waals surface area contributed by atoms with Gasteiger partial charge < -0.3 is 10.2 Å². The van der Waals surface area contributed by atoms with Crippen molar-refractivity contribution in [1.82, 2.24) is 14.7 Å². The fourth-order valence-corrected chi connectivity index (χ4v) is 2.90. The van der Waals surface area contributed by atoms with Crippen molar-refractivity contribution in [2.24, 2.45) is 0 Å². The monoisotopic (exact) mass is 324 g/mol. The van der Waals surface area contributed by atoms with Crippen LogP contribution >= 0.6 is 0 Å². The third-order valence-corrected chi connectivity index (χ3v) is 4.09. The van der Waals surface area contributed by atoms with Gasteiger partial charge in [-0.3, -0.25) is 14.3 Å². The summed E-state index contributed by atoms with van der Waals surface area (Å²) in [7, 11) is 0. The highest BCUT2D eigenvalue weighted by molar-refractivity contribution is 5.91. The van der Waals surface area contributed by atoms with E-state index in [0.717, 1.165) is 17.7 Å². The van der Waals surface area contributed by atoms with E-state index in [0.29, 0.717) is 5.69 Å². The summed E-state index contributed by atoms with van der Waals surface area (Å²) in [5.74, 6) is -0.232. The molecule has 0 aliphatic carbocycles. The number of rotatable bonds is 4. The maximum Gasteiger partial charge on any atom is 0.226 e. The molecule has 1 N–H and O–H groups in total. The van der Waals surface area contributed by atoms with Crippen LogP contribution in [0.3, 0.4) is 0 Å². The van der Waals surface area contributed by atoms with Crippen LogP contribution in [0.4, 0.5) is 5.69 Å². The first kappa shape index (κ1) is 16.0. The van der Waals surface area contributed by atoms with Crippen LogP contribution < -0.4 is 5.32 Å². The average molecular weight is 324 g/mol. The highest BCUT2D eigenvalue weighted by Crippen LogP contribution is 2.33. The molecule has 6 nitrogen and oxygen atoms in total. The fraction of sp³-hybridized carbons (Fsp3) is 0.278. The normalized spacial score (nSPS) is 15.9. The van der Waals surface area contributed by atoms with Crippen molar-refractivity contribution >= 4 is 23.6 Å². The molecule has 2 heterocycles. The molecule has 1 atom stereocenters. The van der Waals surface area contributed by atoms with Crippen molar-refractivity contribution in [3.05, 3.63) is 54.0 Å². The van der Waals surface area contributed by atoms with Gasteiger partial charge in [0, 0.05) is 25.9 Å². The number of aryl methyl sites for hydroxylation is 1. The molecule has 0 unspecified atom stereocenters. The molecule has 124 valence electrons. The minimum Gasteiger partial charge on any atom is -0.323 e. The Bertz CT molecular complexity index is 794. The maximum atomic E-state index is 12.4. The van der Waals surface area contributed by atoms with Crippen LogP contribution in [0.1, 0.15) is 37.4 Å². The fourth-order valence-electron chi connectivity index (χ4n) is 2.90. The topological polar surface area (TPSA) is 67.2 Å². The second-order valence-electron chi connectivity index (χ2n) is 5.72. The van der Waals surface area contributed by atoms with E-state index in [1.165, 1.54) is 6.92 Å². The molecule has 1 aromatic heterocycles. The smallest absolute Gasteiger partial charge is 0.226 e. The lowest BCUT2D eigenvalue weighted by Gasteiger charge is -2.32. The zero-order valence-corrected chi connectivity index (χ0v) is 13.8. The van der Waals surface area contributed by atoms with E-state index in [9.17, 15) is 9.59 Å². The number of carbonyl (C=O) groups excluding carboxylic acids is 2. The lowest BCUT2D eigenvalue weighted by Crippen LogP contribution is -2.33. The summed E-state index contributed by atoms with van der Waals surface area (Å²) in [6.45, 7) is 4.23. The van der Waals surface area contributed by atoms with Gasteiger partial charge in [-0.1, -0.05) is 24.3 Å². The Hall–Kier alpha value is -2.89. The first-order chi connectivity index (χ1) is 11.6. The lowest BCUT2D eigenvalue weighted by atomic mass is 9.93. The van der Waals surface area contributed by atoms with Crippen LogP contribution in [0.15, 0.2) is 42.9 Å². The van der Waals surface area contributed by atoms with Gasteiger partial charge in [0.15, 0.2) is 0 Å². The number of benzene rings is 1. The van der Waals surface area contributed by atoms with Crippen molar-refractivity contribution in [1.29, 1.82) is 0 Å². The largest absolute Gasteiger partial charge is 0.323 e. The number of nitrogens with zero attached hydrogens (tertiary/aromatic N) is 3. The highest BCUT2D eigenvalue weighted by atomic mass is 16.2. The second-order valence-corrected chi connectivity index (χ2v) is 5.72. The average Bonchev–Trinajstić information content (AvgIpc) is 3.02. The zero-order chi connectivity index (χ0) is 17.1. The molecule has 1 aromatic carbocycles. The summed E-state index contributed by atoms with van der Waals surface area (Å²) >= 11 is 0. The molecular weight excluding hydrogens is 304 g/mol. The molecule has 6 heteroatoms. The Balaban J connectivity index is 1.79. The standard InChI is InChI=1S/C18H20N4O2/c1-3-21-12-15(11-19-21)20-18(24)10-17-16-7-5-4-6-14(16)8-9-22(17)13(2)23/h4-9,11-12,17H,3,10H2,1-2H3,(H,20,24)/t17-/m0/s1. The van der Waals surface area contributed by atoms with Gasteiger partial charge in [-0.25, -0.2) is 0 Å².